The van der Waals surface area contributed by atoms with Gasteiger partial charge in [0.25, 0.3) is 0 Å². The van der Waals surface area contributed by atoms with E-state index in [0.29, 0.717) is 41.3 Å². The Bertz CT molecular complexity index is 1160. The molecule has 31 heavy (non-hydrogen) atoms. The van der Waals surface area contributed by atoms with Crippen LogP contribution in [-0.4, -0.2) is 39.1 Å². The fourth-order valence-corrected chi connectivity index (χ4v) is 5.04. The summed E-state index contributed by atoms with van der Waals surface area (Å²) in [6, 6.07) is 10.4. The lowest BCUT2D eigenvalue weighted by Gasteiger charge is -2.17. The summed E-state index contributed by atoms with van der Waals surface area (Å²) in [5, 5.41) is 3.16. The van der Waals surface area contributed by atoms with Gasteiger partial charge >= 0.3 is 0 Å². The van der Waals surface area contributed by atoms with Crippen LogP contribution >= 0.6 is 11.3 Å². The summed E-state index contributed by atoms with van der Waals surface area (Å²) < 4.78 is 39.3. The van der Waals surface area contributed by atoms with E-state index in [1.165, 1.54) is 11.3 Å². The van der Waals surface area contributed by atoms with Gasteiger partial charge in [0, 0.05) is 25.1 Å². The minimum absolute atomic E-state index is 0.0119. The molecule has 0 spiro atoms. The van der Waals surface area contributed by atoms with Crippen LogP contribution in [0, 0.1) is 0 Å². The molecule has 2 heterocycles. The van der Waals surface area contributed by atoms with Crippen molar-refractivity contribution >= 4 is 42.6 Å². The Morgan fingerprint density at radius 2 is 1.81 bits per heavy atom. The minimum atomic E-state index is -3.67. The van der Waals surface area contributed by atoms with Gasteiger partial charge in [-0.25, -0.2) is 18.1 Å². The second-order valence-electron chi connectivity index (χ2n) is 7.40. The van der Waals surface area contributed by atoms with Crippen molar-refractivity contribution < 1.29 is 22.7 Å². The van der Waals surface area contributed by atoms with Crippen molar-refractivity contribution in [2.75, 3.05) is 25.1 Å². The van der Waals surface area contributed by atoms with Gasteiger partial charge in [-0.2, -0.15) is 0 Å². The van der Waals surface area contributed by atoms with Crippen LogP contribution in [0.3, 0.4) is 0 Å². The maximum absolute atomic E-state index is 12.4. The fourth-order valence-electron chi connectivity index (χ4n) is 3.11. The molecular weight excluding hydrogens is 438 g/mol. The highest BCUT2D eigenvalue weighted by Gasteiger charge is 2.17. The van der Waals surface area contributed by atoms with Crippen LogP contribution in [0.1, 0.15) is 31.7 Å². The Balaban J connectivity index is 1.33. The van der Waals surface area contributed by atoms with Gasteiger partial charge in [0.2, 0.25) is 15.9 Å². The van der Waals surface area contributed by atoms with E-state index in [1.807, 2.05) is 19.9 Å². The van der Waals surface area contributed by atoms with Gasteiger partial charge < -0.3 is 14.8 Å². The SMILES string of the molecule is CC(C)c1ccc(S(=O)(=O)NCCC(=O)Nc2nc3cc4c(cc3s2)OCCO4)cc1. The molecule has 0 radical (unpaired) electrons. The van der Waals surface area contributed by atoms with Crippen molar-refractivity contribution in [3.8, 4) is 11.5 Å². The van der Waals surface area contributed by atoms with Gasteiger partial charge in [-0.05, 0) is 23.6 Å². The lowest BCUT2D eigenvalue weighted by Crippen LogP contribution is -2.27. The van der Waals surface area contributed by atoms with E-state index in [4.69, 9.17) is 9.47 Å². The van der Waals surface area contributed by atoms with E-state index in [2.05, 4.69) is 15.0 Å². The van der Waals surface area contributed by atoms with E-state index < -0.39 is 10.0 Å². The molecule has 0 saturated carbocycles. The van der Waals surface area contributed by atoms with E-state index >= 15 is 0 Å². The lowest BCUT2D eigenvalue weighted by molar-refractivity contribution is -0.116. The maximum atomic E-state index is 12.4. The van der Waals surface area contributed by atoms with Gasteiger partial charge in [0.1, 0.15) is 13.2 Å². The molecule has 1 aliphatic rings. The summed E-state index contributed by atoms with van der Waals surface area (Å²) in [5.74, 6) is 1.30. The quantitative estimate of drug-likeness (QED) is 0.558. The number of carbonyl (C=O) groups is 1. The van der Waals surface area contributed by atoms with Gasteiger partial charge in [-0.15, -0.1) is 0 Å². The van der Waals surface area contributed by atoms with Crippen LogP contribution in [0.4, 0.5) is 5.13 Å². The molecule has 2 aromatic carbocycles. The minimum Gasteiger partial charge on any atom is -0.486 e. The number of hydrogen-bond donors (Lipinski definition) is 2. The number of hydrogen-bond acceptors (Lipinski definition) is 7. The first-order valence-electron chi connectivity index (χ1n) is 9.91. The predicted octanol–water partition coefficient (Wildman–Crippen LogP) is 3.50. The number of aromatic nitrogens is 1. The predicted molar refractivity (Wildman–Crippen MR) is 120 cm³/mol. The zero-order valence-electron chi connectivity index (χ0n) is 17.2. The number of nitrogens with zero attached hydrogens (tertiary/aromatic N) is 1. The largest absolute Gasteiger partial charge is 0.486 e. The van der Waals surface area contributed by atoms with Crippen LogP contribution in [0.25, 0.3) is 10.2 Å². The number of amides is 1. The second kappa shape index (κ2) is 8.81. The number of benzene rings is 2. The molecule has 4 rings (SSSR count). The number of ether oxygens (including phenoxy) is 2. The van der Waals surface area contributed by atoms with Crippen LogP contribution in [0.15, 0.2) is 41.3 Å². The summed E-state index contributed by atoms with van der Waals surface area (Å²) in [6.45, 7) is 5.06. The van der Waals surface area contributed by atoms with Crippen LogP contribution in [0.2, 0.25) is 0 Å². The van der Waals surface area contributed by atoms with Crippen molar-refractivity contribution in [3.63, 3.8) is 0 Å². The monoisotopic (exact) mass is 461 g/mol. The number of sulfonamides is 1. The Labute approximate surface area is 184 Å². The molecule has 1 aromatic heterocycles. The smallest absolute Gasteiger partial charge is 0.240 e. The Hall–Kier alpha value is -2.69. The van der Waals surface area contributed by atoms with Crippen molar-refractivity contribution in [2.45, 2.75) is 31.1 Å². The molecule has 2 N–H and O–H groups in total. The van der Waals surface area contributed by atoms with Crippen LogP contribution in [0.5, 0.6) is 11.5 Å². The van der Waals surface area contributed by atoms with Crippen molar-refractivity contribution in [2.24, 2.45) is 0 Å². The Morgan fingerprint density at radius 1 is 1.13 bits per heavy atom. The molecular formula is C21H23N3O5S2. The number of nitrogens with one attached hydrogen (secondary N) is 2. The summed E-state index contributed by atoms with van der Waals surface area (Å²) in [4.78, 5) is 16.8. The van der Waals surface area contributed by atoms with Crippen molar-refractivity contribution in [1.29, 1.82) is 0 Å². The van der Waals surface area contributed by atoms with Crippen LogP contribution in [-0.2, 0) is 14.8 Å². The Morgan fingerprint density at radius 3 is 2.48 bits per heavy atom. The normalized spacial score (nSPS) is 13.5. The number of fused-ring (bicyclic) bond motifs is 2. The topological polar surface area (TPSA) is 107 Å². The zero-order valence-corrected chi connectivity index (χ0v) is 18.8. The maximum Gasteiger partial charge on any atom is 0.240 e. The van der Waals surface area contributed by atoms with Gasteiger partial charge in [0.15, 0.2) is 16.6 Å². The molecule has 0 aliphatic carbocycles. The molecule has 164 valence electrons. The van der Waals surface area contributed by atoms with E-state index in [1.54, 1.807) is 30.3 Å². The molecule has 0 fully saturated rings. The molecule has 8 nitrogen and oxygen atoms in total. The summed E-state index contributed by atoms with van der Waals surface area (Å²) in [5.41, 5.74) is 1.77. The number of carbonyl (C=O) groups excluding carboxylic acids is 1. The highest BCUT2D eigenvalue weighted by molar-refractivity contribution is 7.89. The molecule has 0 saturated heterocycles. The summed E-state index contributed by atoms with van der Waals surface area (Å²) >= 11 is 1.32. The lowest BCUT2D eigenvalue weighted by atomic mass is 10.0. The molecule has 0 unspecified atom stereocenters. The van der Waals surface area contributed by atoms with Gasteiger partial charge in [-0.1, -0.05) is 37.3 Å². The number of rotatable bonds is 7. The van der Waals surface area contributed by atoms with Crippen molar-refractivity contribution in [3.05, 3.63) is 42.0 Å². The summed E-state index contributed by atoms with van der Waals surface area (Å²) in [6.07, 6.45) is -0.0119. The zero-order chi connectivity index (χ0) is 22.0. The second-order valence-corrected chi connectivity index (χ2v) is 10.2. The summed E-state index contributed by atoms with van der Waals surface area (Å²) in [7, 11) is -3.67. The third-order valence-corrected chi connectivity index (χ3v) is 7.21. The Kier molecular flexibility index (Phi) is 6.12. The number of anilines is 1. The third-order valence-electron chi connectivity index (χ3n) is 4.80. The fraction of sp³-hybridized carbons (Fsp3) is 0.333. The molecule has 10 heteroatoms. The molecule has 0 bridgehead atoms. The molecule has 1 amide bonds. The average molecular weight is 462 g/mol. The van der Waals surface area contributed by atoms with E-state index in [0.717, 1.165) is 10.3 Å². The highest BCUT2D eigenvalue weighted by atomic mass is 32.2. The average Bonchev–Trinajstić information content (AvgIpc) is 3.12. The van der Waals surface area contributed by atoms with Crippen molar-refractivity contribution in [1.82, 2.24) is 9.71 Å². The van der Waals surface area contributed by atoms with E-state index in [9.17, 15) is 13.2 Å². The molecule has 1 aliphatic heterocycles. The van der Waals surface area contributed by atoms with Gasteiger partial charge in [0.05, 0.1) is 15.1 Å². The number of thiazole rings is 1. The van der Waals surface area contributed by atoms with Gasteiger partial charge in [-0.3, -0.25) is 4.79 Å². The van der Waals surface area contributed by atoms with Crippen LogP contribution < -0.4 is 19.5 Å². The molecule has 0 atom stereocenters. The third kappa shape index (κ3) is 4.97. The first kappa shape index (κ1) is 21.5. The van der Waals surface area contributed by atoms with E-state index in [-0.39, 0.29) is 23.8 Å². The first-order chi connectivity index (χ1) is 14.8. The highest BCUT2D eigenvalue weighted by Crippen LogP contribution is 2.37. The standard InChI is InChI=1S/C21H23N3O5S2/c1-13(2)14-3-5-15(6-4-14)31(26,27)22-8-7-20(25)24-21-23-16-11-17-18(12-19(16)30-21)29-10-9-28-17/h3-6,11-13,22H,7-10H2,1-2H3,(H,23,24,25). The first-order valence-corrected chi connectivity index (χ1v) is 12.2. The molecule has 3 aromatic rings.